The highest BCUT2D eigenvalue weighted by Gasteiger charge is 2.27. The first-order valence-corrected chi connectivity index (χ1v) is 8.76. The van der Waals surface area contributed by atoms with Crippen LogP contribution in [0.25, 0.3) is 0 Å². The Morgan fingerprint density at radius 1 is 1.04 bits per heavy atom. The summed E-state index contributed by atoms with van der Waals surface area (Å²) in [6.07, 6.45) is 3.49. The minimum atomic E-state index is -0.681. The van der Waals surface area contributed by atoms with Gasteiger partial charge in [-0.2, -0.15) is 0 Å². The van der Waals surface area contributed by atoms with Crippen molar-refractivity contribution in [2.75, 3.05) is 11.9 Å². The number of para-hydroxylation sites is 1. The second-order valence-electron chi connectivity index (χ2n) is 6.28. The lowest BCUT2D eigenvalue weighted by molar-refractivity contribution is -0.143. The van der Waals surface area contributed by atoms with Crippen LogP contribution < -0.4 is 5.32 Å². The maximum absolute atomic E-state index is 11.8. The summed E-state index contributed by atoms with van der Waals surface area (Å²) in [5.74, 6) is -0.933. The second kappa shape index (κ2) is 9.76. The molecule has 0 radical (unpaired) electrons. The summed E-state index contributed by atoms with van der Waals surface area (Å²) < 4.78 is 0. The summed E-state index contributed by atoms with van der Waals surface area (Å²) in [5, 5.41) is 13.1. The summed E-state index contributed by atoms with van der Waals surface area (Å²) in [7, 11) is 0. The number of carbonyl (C=O) groups is 1. The van der Waals surface area contributed by atoms with Crippen molar-refractivity contribution in [1.29, 1.82) is 0 Å². The van der Waals surface area contributed by atoms with Crippen molar-refractivity contribution in [1.82, 2.24) is 0 Å². The zero-order valence-corrected chi connectivity index (χ0v) is 14.3. The Hall–Kier alpha value is -2.29. The van der Waals surface area contributed by atoms with E-state index in [9.17, 15) is 9.90 Å². The first kappa shape index (κ1) is 18.1. The van der Waals surface area contributed by atoms with Gasteiger partial charge in [-0.3, -0.25) is 4.79 Å². The lowest BCUT2D eigenvalue weighted by atomic mass is 9.83. The quantitative estimate of drug-likeness (QED) is 0.656. The van der Waals surface area contributed by atoms with Crippen LogP contribution in [0.1, 0.15) is 31.7 Å². The van der Waals surface area contributed by atoms with Gasteiger partial charge in [-0.15, -0.1) is 0 Å². The monoisotopic (exact) mass is 325 g/mol. The van der Waals surface area contributed by atoms with E-state index in [2.05, 4.69) is 24.4 Å². The van der Waals surface area contributed by atoms with E-state index in [0.717, 1.165) is 31.4 Å². The van der Waals surface area contributed by atoms with Crippen LogP contribution in [0.15, 0.2) is 60.7 Å². The molecule has 0 aliphatic rings. The Kier molecular flexibility index (Phi) is 7.34. The fourth-order valence-corrected chi connectivity index (χ4v) is 3.06. The van der Waals surface area contributed by atoms with Crippen molar-refractivity contribution in [3.05, 3.63) is 66.2 Å². The molecule has 0 saturated carbocycles. The molecule has 0 aliphatic heterocycles. The highest BCUT2D eigenvalue weighted by atomic mass is 16.4. The number of hydrogen-bond acceptors (Lipinski definition) is 2. The number of unbranched alkanes of at least 4 members (excludes halogenated alkanes) is 1. The third kappa shape index (κ3) is 5.73. The molecule has 2 atom stereocenters. The lowest BCUT2D eigenvalue weighted by Crippen LogP contribution is -2.31. The summed E-state index contributed by atoms with van der Waals surface area (Å²) in [6.45, 7) is 2.77. The third-order valence-corrected chi connectivity index (χ3v) is 4.44. The minimum absolute atomic E-state index is 0.0663. The van der Waals surface area contributed by atoms with Gasteiger partial charge in [0, 0.05) is 12.2 Å². The van der Waals surface area contributed by atoms with E-state index in [-0.39, 0.29) is 11.8 Å². The first-order chi connectivity index (χ1) is 11.7. The van der Waals surface area contributed by atoms with E-state index in [0.29, 0.717) is 6.54 Å². The number of rotatable bonds is 10. The van der Waals surface area contributed by atoms with Gasteiger partial charge in [0.25, 0.3) is 0 Å². The van der Waals surface area contributed by atoms with Gasteiger partial charge in [-0.25, -0.2) is 0 Å². The standard InChI is InChI=1S/C21H27NO2/c1-2-3-14-20(21(23)24)18(15-17-10-6-4-7-11-17)16-22-19-12-8-5-9-13-19/h4-13,18,20,22H,2-3,14-16H2,1H3,(H,23,24). The molecule has 0 spiro atoms. The molecule has 2 unspecified atom stereocenters. The predicted octanol–water partition coefficient (Wildman–Crippen LogP) is 4.85. The average molecular weight is 325 g/mol. The molecule has 128 valence electrons. The van der Waals surface area contributed by atoms with Crippen molar-refractivity contribution in [3.63, 3.8) is 0 Å². The van der Waals surface area contributed by atoms with Gasteiger partial charge in [0.1, 0.15) is 0 Å². The number of aliphatic carboxylic acids is 1. The molecule has 24 heavy (non-hydrogen) atoms. The molecule has 0 heterocycles. The molecule has 3 nitrogen and oxygen atoms in total. The number of hydrogen-bond donors (Lipinski definition) is 2. The van der Waals surface area contributed by atoms with Crippen LogP contribution in [-0.4, -0.2) is 17.6 Å². The molecule has 2 rings (SSSR count). The molecule has 2 aromatic rings. The average Bonchev–Trinajstić information content (AvgIpc) is 2.61. The number of nitrogens with one attached hydrogen (secondary N) is 1. The van der Waals surface area contributed by atoms with E-state index in [4.69, 9.17) is 0 Å². The third-order valence-electron chi connectivity index (χ3n) is 4.44. The fraction of sp³-hybridized carbons (Fsp3) is 0.381. The van der Waals surface area contributed by atoms with Crippen LogP contribution >= 0.6 is 0 Å². The van der Waals surface area contributed by atoms with E-state index < -0.39 is 5.97 Å². The molecule has 0 amide bonds. The maximum atomic E-state index is 11.8. The topological polar surface area (TPSA) is 49.3 Å². The molecular weight excluding hydrogens is 298 g/mol. The Morgan fingerprint density at radius 3 is 2.25 bits per heavy atom. The van der Waals surface area contributed by atoms with Crippen molar-refractivity contribution in [3.8, 4) is 0 Å². The van der Waals surface area contributed by atoms with Gasteiger partial charge in [0.2, 0.25) is 0 Å². The summed E-state index contributed by atoms with van der Waals surface area (Å²) in [6, 6.07) is 20.2. The fourth-order valence-electron chi connectivity index (χ4n) is 3.06. The van der Waals surface area contributed by atoms with Crippen molar-refractivity contribution in [2.24, 2.45) is 11.8 Å². The number of benzene rings is 2. The van der Waals surface area contributed by atoms with Crippen LogP contribution in [0.4, 0.5) is 5.69 Å². The van der Waals surface area contributed by atoms with E-state index in [1.807, 2.05) is 48.5 Å². The molecule has 3 heteroatoms. The molecule has 0 saturated heterocycles. The Bertz CT molecular complexity index is 598. The highest BCUT2D eigenvalue weighted by Crippen LogP contribution is 2.24. The summed E-state index contributed by atoms with van der Waals surface area (Å²) >= 11 is 0. The normalized spacial score (nSPS) is 13.2. The van der Waals surface area contributed by atoms with Crippen LogP contribution in [0.3, 0.4) is 0 Å². The Morgan fingerprint density at radius 2 is 1.67 bits per heavy atom. The van der Waals surface area contributed by atoms with E-state index >= 15 is 0 Å². The smallest absolute Gasteiger partial charge is 0.306 e. The molecule has 2 aromatic carbocycles. The molecule has 0 bridgehead atoms. The molecule has 0 aliphatic carbocycles. The van der Waals surface area contributed by atoms with Crippen molar-refractivity contribution < 1.29 is 9.90 Å². The second-order valence-corrected chi connectivity index (χ2v) is 6.28. The van der Waals surface area contributed by atoms with Gasteiger partial charge in [-0.1, -0.05) is 68.3 Å². The SMILES string of the molecule is CCCCC(C(=O)O)C(CNc1ccccc1)Cc1ccccc1. The highest BCUT2D eigenvalue weighted by molar-refractivity contribution is 5.70. The first-order valence-electron chi connectivity index (χ1n) is 8.76. The van der Waals surface area contributed by atoms with E-state index in [1.54, 1.807) is 0 Å². The molecule has 0 fully saturated rings. The number of carboxylic acids is 1. The summed E-state index contributed by atoms with van der Waals surface area (Å²) in [4.78, 5) is 11.8. The van der Waals surface area contributed by atoms with Crippen molar-refractivity contribution in [2.45, 2.75) is 32.6 Å². The summed E-state index contributed by atoms with van der Waals surface area (Å²) in [5.41, 5.74) is 2.23. The van der Waals surface area contributed by atoms with Gasteiger partial charge in [0.15, 0.2) is 0 Å². The zero-order valence-electron chi connectivity index (χ0n) is 14.3. The van der Waals surface area contributed by atoms with Crippen LogP contribution in [0.5, 0.6) is 0 Å². The Balaban J connectivity index is 2.10. The largest absolute Gasteiger partial charge is 0.481 e. The molecule has 0 aromatic heterocycles. The molecular formula is C21H27NO2. The van der Waals surface area contributed by atoms with Crippen LogP contribution in [0, 0.1) is 11.8 Å². The Labute approximate surface area is 144 Å². The lowest BCUT2D eigenvalue weighted by Gasteiger charge is -2.25. The minimum Gasteiger partial charge on any atom is -0.481 e. The van der Waals surface area contributed by atoms with Crippen molar-refractivity contribution >= 4 is 11.7 Å². The predicted molar refractivity (Wildman–Crippen MR) is 99.2 cm³/mol. The van der Waals surface area contributed by atoms with Crippen LogP contribution in [-0.2, 0) is 11.2 Å². The molecule has 2 N–H and O–H groups in total. The van der Waals surface area contributed by atoms with Gasteiger partial charge in [-0.05, 0) is 36.5 Å². The number of anilines is 1. The van der Waals surface area contributed by atoms with Crippen LogP contribution in [0.2, 0.25) is 0 Å². The van der Waals surface area contributed by atoms with Gasteiger partial charge >= 0.3 is 5.97 Å². The van der Waals surface area contributed by atoms with Gasteiger partial charge in [0.05, 0.1) is 5.92 Å². The zero-order chi connectivity index (χ0) is 17.2. The maximum Gasteiger partial charge on any atom is 0.306 e. The van der Waals surface area contributed by atoms with E-state index in [1.165, 1.54) is 5.56 Å². The number of carboxylic acid groups (broad SMARTS) is 1. The van der Waals surface area contributed by atoms with Gasteiger partial charge < -0.3 is 10.4 Å².